The maximum atomic E-state index is 6.16. The van der Waals surface area contributed by atoms with Gasteiger partial charge in [0.15, 0.2) is 11.5 Å². The van der Waals surface area contributed by atoms with Crippen molar-refractivity contribution in [1.82, 2.24) is 4.98 Å². The molecule has 1 unspecified atom stereocenters. The molecular formula is C30H22N2O. The van der Waals surface area contributed by atoms with Crippen molar-refractivity contribution in [3.8, 4) is 11.5 Å². The van der Waals surface area contributed by atoms with Crippen LogP contribution >= 0.6 is 0 Å². The maximum Gasteiger partial charge on any atom is 0.151 e. The summed E-state index contributed by atoms with van der Waals surface area (Å²) in [7, 11) is 0. The Balaban J connectivity index is 1.44. The Morgan fingerprint density at radius 1 is 0.515 bits per heavy atom. The number of nitrogens with zero attached hydrogens (tertiary/aromatic N) is 2. The molecule has 1 atom stereocenters. The van der Waals surface area contributed by atoms with Crippen LogP contribution in [-0.2, 0) is 0 Å². The van der Waals surface area contributed by atoms with Crippen molar-refractivity contribution in [2.45, 2.75) is 5.92 Å². The Hall–Kier alpha value is -4.37. The van der Waals surface area contributed by atoms with Gasteiger partial charge >= 0.3 is 0 Å². The number of anilines is 3. The Kier molecular flexibility index (Phi) is 4.85. The maximum absolute atomic E-state index is 6.16. The third kappa shape index (κ3) is 3.54. The van der Waals surface area contributed by atoms with Gasteiger partial charge in [0.1, 0.15) is 0 Å². The van der Waals surface area contributed by atoms with E-state index in [-0.39, 0.29) is 5.92 Å². The predicted octanol–water partition coefficient (Wildman–Crippen LogP) is 7.84. The Bertz CT molecular complexity index is 1300. The van der Waals surface area contributed by atoms with E-state index in [2.05, 4.69) is 88.7 Å². The van der Waals surface area contributed by atoms with E-state index in [1.807, 2.05) is 48.8 Å². The molecule has 3 nitrogen and oxygen atoms in total. The Labute approximate surface area is 193 Å². The van der Waals surface area contributed by atoms with Crippen molar-refractivity contribution in [3.63, 3.8) is 0 Å². The summed E-state index contributed by atoms with van der Waals surface area (Å²) >= 11 is 0. The lowest BCUT2D eigenvalue weighted by Crippen LogP contribution is -2.15. The zero-order valence-corrected chi connectivity index (χ0v) is 18.0. The number of benzene rings is 4. The van der Waals surface area contributed by atoms with Gasteiger partial charge in [0.2, 0.25) is 0 Å². The summed E-state index contributed by atoms with van der Waals surface area (Å²) in [6.07, 6.45) is 3.72. The monoisotopic (exact) mass is 426 g/mol. The normalized spacial score (nSPS) is 12.9. The first kappa shape index (κ1) is 19.3. The molecule has 0 fully saturated rings. The zero-order valence-electron chi connectivity index (χ0n) is 18.0. The van der Waals surface area contributed by atoms with Crippen molar-refractivity contribution < 1.29 is 4.74 Å². The van der Waals surface area contributed by atoms with Crippen molar-refractivity contribution in [2.24, 2.45) is 0 Å². The molecule has 1 aliphatic rings. The lowest BCUT2D eigenvalue weighted by Gasteiger charge is -2.33. The van der Waals surface area contributed by atoms with E-state index in [0.717, 1.165) is 28.6 Å². The van der Waals surface area contributed by atoms with Crippen LogP contribution in [0.25, 0.3) is 0 Å². The molecule has 2 heterocycles. The molecule has 0 N–H and O–H groups in total. The first-order chi connectivity index (χ1) is 16.4. The van der Waals surface area contributed by atoms with Crippen LogP contribution in [0.3, 0.4) is 0 Å². The summed E-state index contributed by atoms with van der Waals surface area (Å²) in [5.41, 5.74) is 6.91. The summed E-state index contributed by atoms with van der Waals surface area (Å²) in [5.74, 6) is 1.87. The SMILES string of the molecule is c1ccc(C(c2ccncc2)c2ccc(N3c4ccccc4Oc4ccccc43)cc2)cc1. The molecule has 0 spiro atoms. The smallest absolute Gasteiger partial charge is 0.151 e. The highest BCUT2D eigenvalue weighted by Crippen LogP contribution is 2.50. The number of fused-ring (bicyclic) bond motifs is 2. The summed E-state index contributed by atoms with van der Waals surface area (Å²) < 4.78 is 6.16. The van der Waals surface area contributed by atoms with Crippen LogP contribution < -0.4 is 9.64 Å². The standard InChI is InChI=1S/C30H22N2O/c1-2-8-22(9-3-1)30(24-18-20-31-21-19-24)23-14-16-25(17-15-23)32-26-10-4-6-12-28(26)33-29-13-7-5-11-27(29)32/h1-21,30H. The van der Waals surface area contributed by atoms with Crippen molar-refractivity contribution in [1.29, 1.82) is 0 Å². The molecule has 6 rings (SSSR count). The number of rotatable bonds is 4. The third-order valence-corrected chi connectivity index (χ3v) is 6.09. The second kappa shape index (κ2) is 8.29. The van der Waals surface area contributed by atoms with E-state index in [4.69, 9.17) is 4.74 Å². The minimum atomic E-state index is 0.146. The summed E-state index contributed by atoms with van der Waals surface area (Å²) in [6, 6.07) is 40.0. The average Bonchev–Trinajstić information content (AvgIpc) is 2.89. The van der Waals surface area contributed by atoms with E-state index >= 15 is 0 Å². The highest BCUT2D eigenvalue weighted by Gasteiger charge is 2.25. The molecule has 0 aliphatic carbocycles. The number of hydrogen-bond donors (Lipinski definition) is 0. The van der Waals surface area contributed by atoms with Crippen LogP contribution in [0, 0.1) is 0 Å². The van der Waals surface area contributed by atoms with Crippen LogP contribution in [0.5, 0.6) is 11.5 Å². The number of para-hydroxylation sites is 4. The van der Waals surface area contributed by atoms with Crippen LogP contribution in [0.1, 0.15) is 22.6 Å². The van der Waals surface area contributed by atoms with Gasteiger partial charge in [0, 0.05) is 24.0 Å². The summed E-state index contributed by atoms with van der Waals surface area (Å²) in [4.78, 5) is 6.48. The van der Waals surface area contributed by atoms with Crippen LogP contribution in [-0.4, -0.2) is 4.98 Å². The molecule has 3 heteroatoms. The first-order valence-electron chi connectivity index (χ1n) is 11.1. The quantitative estimate of drug-likeness (QED) is 0.287. The van der Waals surface area contributed by atoms with Gasteiger partial charge < -0.3 is 9.64 Å². The molecule has 5 aromatic rings. The molecule has 0 saturated heterocycles. The molecule has 0 saturated carbocycles. The fraction of sp³-hybridized carbons (Fsp3) is 0.0333. The number of hydrogen-bond acceptors (Lipinski definition) is 3. The summed E-state index contributed by atoms with van der Waals surface area (Å²) in [6.45, 7) is 0. The van der Waals surface area contributed by atoms with E-state index in [1.165, 1.54) is 16.7 Å². The molecule has 0 bridgehead atoms. The largest absolute Gasteiger partial charge is 0.453 e. The average molecular weight is 427 g/mol. The topological polar surface area (TPSA) is 25.4 Å². The van der Waals surface area contributed by atoms with Crippen molar-refractivity contribution >= 4 is 17.1 Å². The lowest BCUT2D eigenvalue weighted by atomic mass is 9.85. The van der Waals surface area contributed by atoms with Gasteiger partial charge in [-0.05, 0) is 65.2 Å². The molecular weight excluding hydrogens is 404 g/mol. The van der Waals surface area contributed by atoms with E-state index in [0.29, 0.717) is 0 Å². The minimum absolute atomic E-state index is 0.146. The van der Waals surface area contributed by atoms with Gasteiger partial charge in [0.25, 0.3) is 0 Å². The molecule has 33 heavy (non-hydrogen) atoms. The van der Waals surface area contributed by atoms with Crippen molar-refractivity contribution in [3.05, 3.63) is 144 Å². The van der Waals surface area contributed by atoms with Gasteiger partial charge in [-0.1, -0.05) is 66.7 Å². The second-order valence-electron chi connectivity index (χ2n) is 8.09. The van der Waals surface area contributed by atoms with Gasteiger partial charge in [-0.3, -0.25) is 4.98 Å². The summed E-state index contributed by atoms with van der Waals surface area (Å²) in [5, 5.41) is 0. The van der Waals surface area contributed by atoms with Gasteiger partial charge in [0.05, 0.1) is 11.4 Å². The lowest BCUT2D eigenvalue weighted by molar-refractivity contribution is 0.477. The highest BCUT2D eigenvalue weighted by atomic mass is 16.5. The van der Waals surface area contributed by atoms with E-state index < -0.39 is 0 Å². The zero-order chi connectivity index (χ0) is 22.0. The molecule has 0 amide bonds. The first-order valence-corrected chi connectivity index (χ1v) is 11.1. The van der Waals surface area contributed by atoms with E-state index in [9.17, 15) is 0 Å². The highest BCUT2D eigenvalue weighted by molar-refractivity contribution is 5.86. The number of aromatic nitrogens is 1. The van der Waals surface area contributed by atoms with Gasteiger partial charge in [-0.15, -0.1) is 0 Å². The molecule has 0 radical (unpaired) electrons. The van der Waals surface area contributed by atoms with Crippen molar-refractivity contribution in [2.75, 3.05) is 4.90 Å². The second-order valence-corrected chi connectivity index (χ2v) is 8.09. The van der Waals surface area contributed by atoms with Crippen LogP contribution in [0.15, 0.2) is 128 Å². The fourth-order valence-corrected chi connectivity index (χ4v) is 4.58. The molecule has 158 valence electrons. The number of pyridine rings is 1. The van der Waals surface area contributed by atoms with Gasteiger partial charge in [-0.25, -0.2) is 0 Å². The Morgan fingerprint density at radius 3 is 1.67 bits per heavy atom. The molecule has 1 aliphatic heterocycles. The van der Waals surface area contributed by atoms with Crippen LogP contribution in [0.4, 0.5) is 17.1 Å². The minimum Gasteiger partial charge on any atom is -0.453 e. The van der Waals surface area contributed by atoms with Crippen LogP contribution in [0.2, 0.25) is 0 Å². The number of ether oxygens (including phenoxy) is 1. The Morgan fingerprint density at radius 2 is 1.03 bits per heavy atom. The van der Waals surface area contributed by atoms with E-state index in [1.54, 1.807) is 0 Å². The van der Waals surface area contributed by atoms with Gasteiger partial charge in [-0.2, -0.15) is 0 Å². The molecule has 4 aromatic carbocycles. The molecule has 1 aromatic heterocycles. The predicted molar refractivity (Wildman–Crippen MR) is 133 cm³/mol. The third-order valence-electron chi connectivity index (χ3n) is 6.09. The fourth-order valence-electron chi connectivity index (χ4n) is 4.58.